The van der Waals surface area contributed by atoms with E-state index in [-0.39, 0.29) is 29.0 Å². The minimum absolute atomic E-state index is 0.0513. The van der Waals surface area contributed by atoms with Gasteiger partial charge in [-0.2, -0.15) is 31.6 Å². The van der Waals surface area contributed by atoms with Crippen LogP contribution < -0.4 is 0 Å². The molecule has 0 N–H and O–H groups in total. The van der Waals surface area contributed by atoms with E-state index in [0.29, 0.717) is 6.07 Å². The van der Waals surface area contributed by atoms with Gasteiger partial charge < -0.3 is 0 Å². The molecule has 1 unspecified atom stereocenters. The molecule has 0 heterocycles. The highest BCUT2D eigenvalue weighted by Crippen LogP contribution is 2.41. The van der Waals surface area contributed by atoms with Crippen molar-refractivity contribution in [2.75, 3.05) is 0 Å². The van der Waals surface area contributed by atoms with Crippen molar-refractivity contribution in [3.8, 4) is 6.07 Å². The van der Waals surface area contributed by atoms with E-state index in [2.05, 4.69) is 0 Å². The Labute approximate surface area is 175 Å². The lowest BCUT2D eigenvalue weighted by atomic mass is 9.94. The third kappa shape index (κ3) is 5.12. The van der Waals surface area contributed by atoms with Gasteiger partial charge in [-0.05, 0) is 35.9 Å². The van der Waals surface area contributed by atoms with Crippen LogP contribution in [0.1, 0.15) is 38.5 Å². The molecule has 0 aliphatic carbocycles. The molecule has 158 valence electrons. The number of rotatable bonds is 4. The van der Waals surface area contributed by atoms with Gasteiger partial charge in [-0.3, -0.25) is 4.79 Å². The molecule has 1 atom stereocenters. The molecule has 2 aromatic carbocycles. The van der Waals surface area contributed by atoms with Crippen LogP contribution in [-0.4, -0.2) is 12.5 Å². The SMILES string of the molecule is N#Cc1ccc(C(F)=CC(c2cc(Cl)c(Cl)c(C=O)c2)C(F)(F)F)cc1C(F)(F)F. The van der Waals surface area contributed by atoms with E-state index < -0.39 is 51.4 Å². The number of benzene rings is 2. The average Bonchev–Trinajstić information content (AvgIpc) is 2.65. The molecule has 11 heteroatoms. The third-order valence-corrected chi connectivity index (χ3v) is 4.77. The van der Waals surface area contributed by atoms with Gasteiger partial charge in [0.25, 0.3) is 0 Å². The lowest BCUT2D eigenvalue weighted by molar-refractivity contribution is -0.140. The summed E-state index contributed by atoms with van der Waals surface area (Å²) in [6.45, 7) is 0. The van der Waals surface area contributed by atoms with E-state index in [0.717, 1.165) is 18.2 Å². The van der Waals surface area contributed by atoms with Crippen molar-refractivity contribution in [3.05, 3.63) is 74.3 Å². The highest BCUT2D eigenvalue weighted by atomic mass is 35.5. The zero-order valence-electron chi connectivity index (χ0n) is 14.4. The van der Waals surface area contributed by atoms with Crippen molar-refractivity contribution in [2.24, 2.45) is 0 Å². The van der Waals surface area contributed by atoms with Gasteiger partial charge in [-0.1, -0.05) is 29.3 Å². The van der Waals surface area contributed by atoms with Gasteiger partial charge in [0.15, 0.2) is 6.29 Å². The number of alkyl halides is 6. The predicted octanol–water partition coefficient (Wildman–Crippen LogP) is 7.35. The summed E-state index contributed by atoms with van der Waals surface area (Å²) in [6.07, 6.45) is -9.89. The normalized spacial score (nSPS) is 13.7. The largest absolute Gasteiger partial charge is 0.417 e. The molecule has 0 aliphatic heterocycles. The minimum atomic E-state index is -5.08. The summed E-state index contributed by atoms with van der Waals surface area (Å²) in [4.78, 5) is 11.0. The standard InChI is InChI=1S/C19H8Cl2F7NO/c20-15-5-11(3-12(8-30)17(15)21)14(19(26,27)28)6-16(22)9-1-2-10(7-29)13(4-9)18(23,24)25/h1-6,8,14H. The highest BCUT2D eigenvalue weighted by molar-refractivity contribution is 6.43. The van der Waals surface area contributed by atoms with Crippen molar-refractivity contribution < 1.29 is 35.5 Å². The number of aldehydes is 1. The van der Waals surface area contributed by atoms with E-state index in [4.69, 9.17) is 28.5 Å². The van der Waals surface area contributed by atoms with Gasteiger partial charge in [-0.15, -0.1) is 0 Å². The third-order valence-electron chi connectivity index (χ3n) is 3.95. The van der Waals surface area contributed by atoms with Crippen LogP contribution in [0.3, 0.4) is 0 Å². The lowest BCUT2D eigenvalue weighted by Crippen LogP contribution is -2.19. The first kappa shape index (κ1) is 23.7. The van der Waals surface area contributed by atoms with Crippen molar-refractivity contribution in [1.29, 1.82) is 5.26 Å². The fraction of sp³-hybridized carbons (Fsp3) is 0.158. The van der Waals surface area contributed by atoms with Crippen LogP contribution in [-0.2, 0) is 6.18 Å². The fourth-order valence-electron chi connectivity index (χ4n) is 2.54. The van der Waals surface area contributed by atoms with Crippen LogP contribution in [0.5, 0.6) is 0 Å². The molecule has 0 amide bonds. The number of nitrogens with zero attached hydrogens (tertiary/aromatic N) is 1. The predicted molar refractivity (Wildman–Crippen MR) is 95.9 cm³/mol. The lowest BCUT2D eigenvalue weighted by Gasteiger charge is -2.19. The number of carbonyl (C=O) groups excluding carboxylic acids is 1. The molecular formula is C19H8Cl2F7NO. The summed E-state index contributed by atoms with van der Waals surface area (Å²) in [5.41, 5.74) is -4.14. The van der Waals surface area contributed by atoms with Crippen molar-refractivity contribution >= 4 is 35.3 Å². The first-order valence-corrected chi connectivity index (χ1v) is 8.55. The quantitative estimate of drug-likeness (QED) is 0.346. The first-order valence-electron chi connectivity index (χ1n) is 7.79. The van der Waals surface area contributed by atoms with Crippen LogP contribution in [0.15, 0.2) is 36.4 Å². The van der Waals surface area contributed by atoms with Gasteiger partial charge >= 0.3 is 12.4 Å². The molecule has 0 saturated heterocycles. The molecule has 0 radical (unpaired) electrons. The van der Waals surface area contributed by atoms with Crippen LogP contribution in [0.2, 0.25) is 10.0 Å². The summed E-state index contributed by atoms with van der Waals surface area (Å²) < 4.78 is 94.2. The Morgan fingerprint density at radius 1 is 1.07 bits per heavy atom. The van der Waals surface area contributed by atoms with Gasteiger partial charge in [-0.25, -0.2) is 4.39 Å². The molecule has 2 aromatic rings. The van der Waals surface area contributed by atoms with E-state index in [1.54, 1.807) is 0 Å². The molecule has 0 spiro atoms. The van der Waals surface area contributed by atoms with E-state index >= 15 is 0 Å². The van der Waals surface area contributed by atoms with Crippen LogP contribution in [0.25, 0.3) is 5.83 Å². The average molecular weight is 470 g/mol. The zero-order chi connectivity index (χ0) is 22.9. The van der Waals surface area contributed by atoms with E-state index in [1.807, 2.05) is 0 Å². The molecule has 0 aliphatic rings. The fourth-order valence-corrected chi connectivity index (χ4v) is 2.93. The summed E-state index contributed by atoms with van der Waals surface area (Å²) in [5, 5.41) is 8.06. The van der Waals surface area contributed by atoms with Crippen molar-refractivity contribution in [1.82, 2.24) is 0 Å². The Kier molecular flexibility index (Phi) is 6.84. The van der Waals surface area contributed by atoms with Crippen LogP contribution in [0.4, 0.5) is 30.7 Å². The zero-order valence-corrected chi connectivity index (χ0v) is 15.9. The summed E-state index contributed by atoms with van der Waals surface area (Å²) in [6, 6.07) is 4.45. The maximum atomic E-state index is 14.5. The number of hydrogen-bond donors (Lipinski definition) is 0. The monoisotopic (exact) mass is 469 g/mol. The van der Waals surface area contributed by atoms with E-state index in [9.17, 15) is 35.5 Å². The maximum Gasteiger partial charge on any atom is 0.417 e. The topological polar surface area (TPSA) is 40.9 Å². The summed E-state index contributed by atoms with van der Waals surface area (Å²) in [7, 11) is 0. The minimum Gasteiger partial charge on any atom is -0.298 e. The Balaban J connectivity index is 2.63. The molecule has 2 rings (SSSR count). The van der Waals surface area contributed by atoms with E-state index in [1.165, 1.54) is 6.07 Å². The first-order chi connectivity index (χ1) is 13.8. The van der Waals surface area contributed by atoms with Crippen molar-refractivity contribution in [3.63, 3.8) is 0 Å². The smallest absolute Gasteiger partial charge is 0.298 e. The Bertz CT molecular complexity index is 1050. The number of hydrogen-bond acceptors (Lipinski definition) is 2. The molecule has 0 bridgehead atoms. The molecule has 0 fully saturated rings. The highest BCUT2D eigenvalue weighted by Gasteiger charge is 2.40. The second-order valence-electron chi connectivity index (χ2n) is 5.93. The number of halogens is 9. The van der Waals surface area contributed by atoms with Crippen LogP contribution >= 0.6 is 23.2 Å². The number of allylic oxidation sites excluding steroid dienone is 1. The second-order valence-corrected chi connectivity index (χ2v) is 6.71. The number of carbonyl (C=O) groups is 1. The number of nitriles is 1. The second kappa shape index (κ2) is 8.66. The Morgan fingerprint density at radius 2 is 1.70 bits per heavy atom. The van der Waals surface area contributed by atoms with Gasteiger partial charge in [0.2, 0.25) is 0 Å². The molecule has 30 heavy (non-hydrogen) atoms. The van der Waals surface area contributed by atoms with Gasteiger partial charge in [0.05, 0.1) is 27.2 Å². The molecule has 0 saturated carbocycles. The van der Waals surface area contributed by atoms with Gasteiger partial charge in [0, 0.05) is 11.1 Å². The molecular weight excluding hydrogens is 462 g/mol. The van der Waals surface area contributed by atoms with Crippen molar-refractivity contribution in [2.45, 2.75) is 18.3 Å². The summed E-state index contributed by atoms with van der Waals surface area (Å²) in [5.74, 6) is -4.26. The Morgan fingerprint density at radius 3 is 2.20 bits per heavy atom. The molecule has 0 aromatic heterocycles. The maximum absolute atomic E-state index is 14.5. The Hall–Kier alpha value is -2.57. The molecule has 2 nitrogen and oxygen atoms in total. The van der Waals surface area contributed by atoms with Crippen LogP contribution in [0, 0.1) is 11.3 Å². The van der Waals surface area contributed by atoms with Gasteiger partial charge in [0.1, 0.15) is 11.7 Å². The summed E-state index contributed by atoms with van der Waals surface area (Å²) >= 11 is 11.4.